The molecule has 0 radical (unpaired) electrons. The molecule has 2 amide bonds. The maximum absolute atomic E-state index is 11.6. The molecule has 108 valence electrons. The van der Waals surface area contributed by atoms with Gasteiger partial charge >= 0.3 is 0 Å². The van der Waals surface area contributed by atoms with E-state index in [4.69, 9.17) is 16.2 Å². The third kappa shape index (κ3) is 3.34. The molecule has 1 heterocycles. The minimum absolute atomic E-state index is 0.192. The summed E-state index contributed by atoms with van der Waals surface area (Å²) in [6, 6.07) is 5.06. The van der Waals surface area contributed by atoms with Crippen molar-refractivity contribution in [2.45, 2.75) is 6.42 Å². The van der Waals surface area contributed by atoms with Crippen LogP contribution < -0.4 is 11.5 Å². The molecule has 1 aromatic rings. The lowest BCUT2D eigenvalue weighted by Crippen LogP contribution is -2.37. The van der Waals surface area contributed by atoms with Crippen molar-refractivity contribution in [1.29, 1.82) is 0 Å². The molecule has 1 fully saturated rings. The van der Waals surface area contributed by atoms with Crippen molar-refractivity contribution in [3.8, 4) is 0 Å². The lowest BCUT2D eigenvalue weighted by atomic mass is 9.97. The molecule has 0 aliphatic carbocycles. The Kier molecular flexibility index (Phi) is 4.70. The van der Waals surface area contributed by atoms with Gasteiger partial charge in [0.1, 0.15) is 0 Å². The number of morpholine rings is 1. The van der Waals surface area contributed by atoms with Crippen molar-refractivity contribution < 1.29 is 14.3 Å². The van der Waals surface area contributed by atoms with Crippen molar-refractivity contribution >= 4 is 11.8 Å². The van der Waals surface area contributed by atoms with E-state index in [1.54, 1.807) is 6.07 Å². The number of carbonyl (C=O) groups is 2. The van der Waals surface area contributed by atoms with Gasteiger partial charge in [-0.25, -0.2) is 0 Å². The Bertz CT molecular complexity index is 510. The van der Waals surface area contributed by atoms with E-state index < -0.39 is 11.8 Å². The van der Waals surface area contributed by atoms with Gasteiger partial charge in [0.05, 0.1) is 24.3 Å². The van der Waals surface area contributed by atoms with E-state index in [9.17, 15) is 9.59 Å². The number of benzene rings is 1. The summed E-state index contributed by atoms with van der Waals surface area (Å²) in [6.07, 6.45) is 0.652. The minimum Gasteiger partial charge on any atom is -0.379 e. The summed E-state index contributed by atoms with van der Waals surface area (Å²) >= 11 is 0. The SMILES string of the molecule is NC(=O)c1cccc(CCN2CCOCC2)c1C(N)=O. The van der Waals surface area contributed by atoms with Crippen molar-refractivity contribution in [2.75, 3.05) is 32.8 Å². The molecule has 20 heavy (non-hydrogen) atoms. The fraction of sp³-hybridized carbons (Fsp3) is 0.429. The zero-order chi connectivity index (χ0) is 14.5. The first-order valence-corrected chi connectivity index (χ1v) is 6.61. The molecule has 0 atom stereocenters. The number of ether oxygens (including phenoxy) is 1. The highest BCUT2D eigenvalue weighted by Crippen LogP contribution is 2.15. The second kappa shape index (κ2) is 6.49. The van der Waals surface area contributed by atoms with Gasteiger partial charge < -0.3 is 16.2 Å². The lowest BCUT2D eigenvalue weighted by Gasteiger charge is -2.26. The number of primary amides is 2. The van der Waals surface area contributed by atoms with Gasteiger partial charge in [-0.2, -0.15) is 0 Å². The summed E-state index contributed by atoms with van der Waals surface area (Å²) in [6.45, 7) is 4.00. The van der Waals surface area contributed by atoms with Crippen LogP contribution in [0.25, 0.3) is 0 Å². The molecule has 6 nitrogen and oxygen atoms in total. The van der Waals surface area contributed by atoms with Crippen LogP contribution in [0.4, 0.5) is 0 Å². The summed E-state index contributed by atoms with van der Waals surface area (Å²) in [5, 5.41) is 0. The monoisotopic (exact) mass is 277 g/mol. The number of hydrogen-bond donors (Lipinski definition) is 2. The average Bonchev–Trinajstić information content (AvgIpc) is 2.45. The molecular weight excluding hydrogens is 258 g/mol. The molecule has 0 aromatic heterocycles. The van der Waals surface area contributed by atoms with Crippen molar-refractivity contribution in [1.82, 2.24) is 4.90 Å². The van der Waals surface area contributed by atoms with Gasteiger partial charge in [0.25, 0.3) is 0 Å². The van der Waals surface area contributed by atoms with Crippen LogP contribution in [0.2, 0.25) is 0 Å². The number of amides is 2. The molecule has 6 heteroatoms. The van der Waals surface area contributed by atoms with Crippen LogP contribution in [0.1, 0.15) is 26.3 Å². The normalized spacial score (nSPS) is 16.0. The number of carbonyl (C=O) groups excluding carboxylic acids is 2. The predicted molar refractivity (Wildman–Crippen MR) is 74.4 cm³/mol. The second-order valence-electron chi connectivity index (χ2n) is 4.77. The zero-order valence-electron chi connectivity index (χ0n) is 11.3. The topological polar surface area (TPSA) is 98.7 Å². The zero-order valence-corrected chi connectivity index (χ0v) is 11.3. The third-order valence-corrected chi connectivity index (χ3v) is 3.46. The average molecular weight is 277 g/mol. The molecule has 1 saturated heterocycles. The number of nitrogens with zero attached hydrogens (tertiary/aromatic N) is 1. The summed E-state index contributed by atoms with van der Waals surface area (Å²) < 4.78 is 5.29. The van der Waals surface area contributed by atoms with Gasteiger partial charge in [0.15, 0.2) is 0 Å². The first-order chi connectivity index (χ1) is 9.59. The minimum atomic E-state index is -0.632. The molecule has 1 aliphatic heterocycles. The number of hydrogen-bond acceptors (Lipinski definition) is 4. The van der Waals surface area contributed by atoms with Crippen molar-refractivity contribution in [3.05, 3.63) is 34.9 Å². The summed E-state index contributed by atoms with van der Waals surface area (Å²) in [7, 11) is 0. The third-order valence-electron chi connectivity index (χ3n) is 3.46. The van der Waals surface area contributed by atoms with E-state index >= 15 is 0 Å². The molecule has 4 N–H and O–H groups in total. The highest BCUT2D eigenvalue weighted by molar-refractivity contribution is 6.07. The van der Waals surface area contributed by atoms with Gasteiger partial charge in [-0.3, -0.25) is 14.5 Å². The molecule has 2 rings (SSSR count). The van der Waals surface area contributed by atoms with Crippen LogP contribution in [0.15, 0.2) is 18.2 Å². The van der Waals surface area contributed by atoms with Gasteiger partial charge in [-0.1, -0.05) is 12.1 Å². The van der Waals surface area contributed by atoms with Gasteiger partial charge in [-0.05, 0) is 18.1 Å². The molecule has 0 unspecified atom stereocenters. The first-order valence-electron chi connectivity index (χ1n) is 6.61. The Balaban J connectivity index is 2.16. The Hall–Kier alpha value is -1.92. The van der Waals surface area contributed by atoms with E-state index in [1.165, 1.54) is 6.07 Å². The quantitative estimate of drug-likeness (QED) is 0.776. The largest absolute Gasteiger partial charge is 0.379 e. The van der Waals surface area contributed by atoms with Gasteiger partial charge in [0.2, 0.25) is 11.8 Å². The van der Waals surface area contributed by atoms with Crippen molar-refractivity contribution in [2.24, 2.45) is 11.5 Å². The van der Waals surface area contributed by atoms with Crippen LogP contribution in [-0.4, -0.2) is 49.6 Å². The van der Waals surface area contributed by atoms with Gasteiger partial charge in [-0.15, -0.1) is 0 Å². The highest BCUT2D eigenvalue weighted by Gasteiger charge is 2.18. The smallest absolute Gasteiger partial charge is 0.249 e. The van der Waals surface area contributed by atoms with E-state index in [2.05, 4.69) is 4.90 Å². The maximum atomic E-state index is 11.6. The van der Waals surface area contributed by atoms with Crippen LogP contribution in [0.5, 0.6) is 0 Å². The number of rotatable bonds is 5. The Morgan fingerprint density at radius 2 is 1.85 bits per heavy atom. The van der Waals surface area contributed by atoms with Crippen LogP contribution >= 0.6 is 0 Å². The summed E-state index contributed by atoms with van der Waals surface area (Å²) in [5.74, 6) is -1.25. The molecule has 0 spiro atoms. The molecule has 1 aromatic carbocycles. The highest BCUT2D eigenvalue weighted by atomic mass is 16.5. The molecule has 0 saturated carbocycles. The van der Waals surface area contributed by atoms with Crippen LogP contribution in [-0.2, 0) is 11.2 Å². The Labute approximate surface area is 117 Å². The fourth-order valence-electron chi connectivity index (χ4n) is 2.41. The van der Waals surface area contributed by atoms with Crippen molar-refractivity contribution in [3.63, 3.8) is 0 Å². The van der Waals surface area contributed by atoms with Crippen LogP contribution in [0, 0.1) is 0 Å². The molecule has 1 aliphatic rings. The Morgan fingerprint density at radius 1 is 1.15 bits per heavy atom. The van der Waals surface area contributed by atoms with E-state index in [0.717, 1.165) is 38.4 Å². The molecule has 0 bridgehead atoms. The van der Waals surface area contributed by atoms with E-state index in [-0.39, 0.29) is 11.1 Å². The van der Waals surface area contributed by atoms with E-state index in [0.29, 0.717) is 6.42 Å². The first kappa shape index (κ1) is 14.5. The van der Waals surface area contributed by atoms with Gasteiger partial charge in [0, 0.05) is 19.6 Å². The number of nitrogens with two attached hydrogens (primary N) is 2. The lowest BCUT2D eigenvalue weighted by molar-refractivity contribution is 0.0384. The maximum Gasteiger partial charge on any atom is 0.249 e. The molecular formula is C14H19N3O3. The summed E-state index contributed by atoms with van der Waals surface area (Å²) in [5.41, 5.74) is 11.9. The van der Waals surface area contributed by atoms with E-state index in [1.807, 2.05) is 6.07 Å². The Morgan fingerprint density at radius 3 is 2.45 bits per heavy atom. The summed E-state index contributed by atoms with van der Waals surface area (Å²) in [4.78, 5) is 25.2. The van der Waals surface area contributed by atoms with Crippen LogP contribution in [0.3, 0.4) is 0 Å². The fourth-order valence-corrected chi connectivity index (χ4v) is 2.41. The predicted octanol–water partition coefficient (Wildman–Crippen LogP) is -0.241. The standard InChI is InChI=1S/C14H19N3O3/c15-13(18)11-3-1-2-10(12(11)14(16)19)4-5-17-6-8-20-9-7-17/h1-3H,4-9H2,(H2,15,18)(H2,16,19). The second-order valence-corrected chi connectivity index (χ2v) is 4.77.